The summed E-state index contributed by atoms with van der Waals surface area (Å²) in [7, 11) is 0. The molecular weight excluding hydrogens is 218 g/mol. The molecule has 0 aromatic carbocycles. The van der Waals surface area contributed by atoms with E-state index in [2.05, 4.69) is 22.5 Å². The van der Waals surface area contributed by atoms with Gasteiger partial charge < -0.3 is 10.6 Å². The minimum absolute atomic E-state index is 0.784. The number of nitrogens with zero attached hydrogens (tertiary/aromatic N) is 1. The van der Waals surface area contributed by atoms with Crippen LogP contribution in [0, 0.1) is 6.92 Å². The molecule has 2 N–H and O–H groups in total. The normalized spacial score (nSPS) is 17.1. The number of nitrogens with one attached hydrogen (secondary N) is 2. The van der Waals surface area contributed by atoms with Crippen LogP contribution in [-0.2, 0) is 6.54 Å². The lowest BCUT2D eigenvalue weighted by Crippen LogP contribution is -2.33. The van der Waals surface area contributed by atoms with E-state index in [1.165, 1.54) is 36.3 Å². The van der Waals surface area contributed by atoms with Crippen molar-refractivity contribution in [3.05, 3.63) is 16.1 Å². The van der Waals surface area contributed by atoms with E-state index in [0.717, 1.165) is 25.7 Å². The van der Waals surface area contributed by atoms with Crippen LogP contribution in [0.25, 0.3) is 0 Å². The Hall–Kier alpha value is -0.450. The number of aryl methyl sites for hydroxylation is 1. The molecule has 0 spiro atoms. The van der Waals surface area contributed by atoms with E-state index in [1.807, 2.05) is 5.51 Å². The van der Waals surface area contributed by atoms with Crippen molar-refractivity contribution >= 4 is 11.3 Å². The zero-order chi connectivity index (χ0) is 11.2. The predicted octanol–water partition coefficient (Wildman–Crippen LogP) is 2.07. The first-order valence-corrected chi connectivity index (χ1v) is 7.07. The van der Waals surface area contributed by atoms with Crippen molar-refractivity contribution in [1.29, 1.82) is 0 Å². The third-order valence-corrected chi connectivity index (χ3v) is 4.16. The van der Waals surface area contributed by atoms with Crippen LogP contribution in [-0.4, -0.2) is 24.1 Å². The summed E-state index contributed by atoms with van der Waals surface area (Å²) in [6.07, 6.45) is 5.55. The van der Waals surface area contributed by atoms with Crippen LogP contribution in [0.5, 0.6) is 0 Å². The summed E-state index contributed by atoms with van der Waals surface area (Å²) in [5, 5.41) is 7.06. The number of thiazole rings is 1. The lowest BCUT2D eigenvalue weighted by molar-refractivity contribution is 0.509. The standard InChI is InChI=1S/C12H21N3S/c1-10-12(16-9-15-10)8-13-6-7-14-11-4-2-3-5-11/h9,11,13-14H,2-8H2,1H3. The van der Waals surface area contributed by atoms with Crippen molar-refractivity contribution in [3.8, 4) is 0 Å². The molecule has 0 amide bonds. The fraction of sp³-hybridized carbons (Fsp3) is 0.750. The SMILES string of the molecule is Cc1ncsc1CNCCNC1CCCC1. The fourth-order valence-corrected chi connectivity index (χ4v) is 2.94. The van der Waals surface area contributed by atoms with Crippen LogP contribution in [0.15, 0.2) is 5.51 Å². The summed E-state index contributed by atoms with van der Waals surface area (Å²) in [4.78, 5) is 5.60. The summed E-state index contributed by atoms with van der Waals surface area (Å²) >= 11 is 1.74. The molecule has 0 atom stereocenters. The van der Waals surface area contributed by atoms with Crippen LogP contribution in [0.4, 0.5) is 0 Å². The van der Waals surface area contributed by atoms with E-state index in [-0.39, 0.29) is 0 Å². The predicted molar refractivity (Wildman–Crippen MR) is 68.8 cm³/mol. The van der Waals surface area contributed by atoms with E-state index in [4.69, 9.17) is 0 Å². The molecule has 1 aromatic heterocycles. The Labute approximate surface area is 102 Å². The van der Waals surface area contributed by atoms with Gasteiger partial charge in [-0.05, 0) is 19.8 Å². The molecule has 0 aliphatic heterocycles. The van der Waals surface area contributed by atoms with Gasteiger partial charge in [-0.25, -0.2) is 4.98 Å². The minimum atomic E-state index is 0.784. The molecule has 1 saturated carbocycles. The molecule has 4 heteroatoms. The second kappa shape index (κ2) is 6.33. The van der Waals surface area contributed by atoms with Crippen LogP contribution >= 0.6 is 11.3 Å². The van der Waals surface area contributed by atoms with Crippen molar-refractivity contribution in [2.45, 2.75) is 45.2 Å². The summed E-state index contributed by atoms with van der Waals surface area (Å²) in [6.45, 7) is 5.17. The van der Waals surface area contributed by atoms with Crippen molar-refractivity contribution in [2.24, 2.45) is 0 Å². The van der Waals surface area contributed by atoms with Gasteiger partial charge in [0.1, 0.15) is 0 Å². The second-order valence-corrected chi connectivity index (χ2v) is 5.41. The molecule has 3 nitrogen and oxygen atoms in total. The molecule has 0 bridgehead atoms. The first-order valence-electron chi connectivity index (χ1n) is 6.19. The Morgan fingerprint density at radius 3 is 2.88 bits per heavy atom. The highest BCUT2D eigenvalue weighted by atomic mass is 32.1. The topological polar surface area (TPSA) is 37.0 Å². The summed E-state index contributed by atoms with van der Waals surface area (Å²) in [6, 6.07) is 0.784. The number of hydrogen-bond donors (Lipinski definition) is 2. The van der Waals surface area contributed by atoms with Crippen LogP contribution in [0.2, 0.25) is 0 Å². The Balaban J connectivity index is 1.53. The van der Waals surface area contributed by atoms with Gasteiger partial charge in [0.2, 0.25) is 0 Å². The van der Waals surface area contributed by atoms with Crippen molar-refractivity contribution in [1.82, 2.24) is 15.6 Å². The van der Waals surface area contributed by atoms with Crippen molar-refractivity contribution < 1.29 is 0 Å². The number of rotatable bonds is 6. The Morgan fingerprint density at radius 1 is 1.38 bits per heavy atom. The largest absolute Gasteiger partial charge is 0.313 e. The molecule has 0 saturated heterocycles. The quantitative estimate of drug-likeness (QED) is 0.746. The van der Waals surface area contributed by atoms with E-state index in [0.29, 0.717) is 0 Å². The van der Waals surface area contributed by atoms with Crippen LogP contribution in [0.3, 0.4) is 0 Å². The highest BCUT2D eigenvalue weighted by Crippen LogP contribution is 2.17. The summed E-state index contributed by atoms with van der Waals surface area (Å²) in [5.41, 5.74) is 3.09. The first-order chi connectivity index (χ1) is 7.86. The third-order valence-electron chi connectivity index (χ3n) is 3.22. The van der Waals surface area contributed by atoms with Gasteiger partial charge in [0.05, 0.1) is 11.2 Å². The number of aromatic nitrogens is 1. The van der Waals surface area contributed by atoms with E-state index in [9.17, 15) is 0 Å². The van der Waals surface area contributed by atoms with Crippen LogP contribution in [0.1, 0.15) is 36.3 Å². The second-order valence-electron chi connectivity index (χ2n) is 4.47. The zero-order valence-corrected chi connectivity index (χ0v) is 10.8. The first kappa shape index (κ1) is 12.0. The lowest BCUT2D eigenvalue weighted by atomic mass is 10.2. The van der Waals surface area contributed by atoms with Crippen molar-refractivity contribution in [2.75, 3.05) is 13.1 Å². The molecule has 1 aliphatic carbocycles. The van der Waals surface area contributed by atoms with E-state index in [1.54, 1.807) is 11.3 Å². The molecular formula is C12H21N3S. The van der Waals surface area contributed by atoms with Gasteiger partial charge in [-0.2, -0.15) is 0 Å². The Kier molecular flexibility index (Phi) is 4.75. The third kappa shape index (κ3) is 3.54. The molecule has 16 heavy (non-hydrogen) atoms. The van der Waals surface area contributed by atoms with Gasteiger partial charge in [0.25, 0.3) is 0 Å². The van der Waals surface area contributed by atoms with E-state index >= 15 is 0 Å². The molecule has 1 fully saturated rings. The molecule has 0 unspecified atom stereocenters. The molecule has 90 valence electrons. The fourth-order valence-electron chi connectivity index (χ4n) is 2.19. The van der Waals surface area contributed by atoms with Gasteiger partial charge in [-0.15, -0.1) is 11.3 Å². The highest BCUT2D eigenvalue weighted by molar-refractivity contribution is 7.09. The molecule has 1 aliphatic rings. The van der Waals surface area contributed by atoms with Crippen molar-refractivity contribution in [3.63, 3.8) is 0 Å². The summed E-state index contributed by atoms with van der Waals surface area (Å²) in [5.74, 6) is 0. The molecule has 1 heterocycles. The average molecular weight is 239 g/mol. The van der Waals surface area contributed by atoms with Gasteiger partial charge in [-0.1, -0.05) is 12.8 Å². The molecule has 2 rings (SSSR count). The van der Waals surface area contributed by atoms with Gasteiger partial charge in [0.15, 0.2) is 0 Å². The monoisotopic (exact) mass is 239 g/mol. The smallest absolute Gasteiger partial charge is 0.0798 e. The zero-order valence-electron chi connectivity index (χ0n) is 9.96. The maximum absolute atomic E-state index is 4.24. The minimum Gasteiger partial charge on any atom is -0.313 e. The Morgan fingerprint density at radius 2 is 2.19 bits per heavy atom. The van der Waals surface area contributed by atoms with Gasteiger partial charge in [0, 0.05) is 30.6 Å². The highest BCUT2D eigenvalue weighted by Gasteiger charge is 2.13. The summed E-state index contributed by atoms with van der Waals surface area (Å²) < 4.78 is 0. The maximum Gasteiger partial charge on any atom is 0.0798 e. The Bertz CT molecular complexity index is 305. The molecule has 0 radical (unpaired) electrons. The lowest BCUT2D eigenvalue weighted by Gasteiger charge is -2.11. The van der Waals surface area contributed by atoms with Gasteiger partial charge >= 0.3 is 0 Å². The van der Waals surface area contributed by atoms with E-state index < -0.39 is 0 Å². The maximum atomic E-state index is 4.24. The number of hydrogen-bond acceptors (Lipinski definition) is 4. The average Bonchev–Trinajstić information content (AvgIpc) is 2.90. The molecule has 1 aromatic rings. The van der Waals surface area contributed by atoms with Crippen LogP contribution < -0.4 is 10.6 Å². The van der Waals surface area contributed by atoms with Gasteiger partial charge in [-0.3, -0.25) is 0 Å².